The van der Waals surface area contributed by atoms with E-state index in [0.29, 0.717) is 12.5 Å². The van der Waals surface area contributed by atoms with Crippen LogP contribution in [-0.2, 0) is 11.3 Å². The van der Waals surface area contributed by atoms with Crippen molar-refractivity contribution < 1.29 is 9.53 Å². The number of H-pyrrole nitrogens is 1. The predicted molar refractivity (Wildman–Crippen MR) is 156 cm³/mol. The summed E-state index contributed by atoms with van der Waals surface area (Å²) in [6.07, 6.45) is 11.3. The van der Waals surface area contributed by atoms with Crippen molar-refractivity contribution in [3.63, 3.8) is 0 Å². The molecule has 1 aliphatic heterocycles. The van der Waals surface area contributed by atoms with Crippen LogP contribution in [0.25, 0.3) is 33.3 Å². The van der Waals surface area contributed by atoms with Gasteiger partial charge >= 0.3 is 6.09 Å². The number of nitrogens with zero attached hydrogens (tertiary/aromatic N) is 5. The van der Waals surface area contributed by atoms with Gasteiger partial charge in [0.2, 0.25) is 0 Å². The van der Waals surface area contributed by atoms with E-state index in [1.165, 1.54) is 5.56 Å². The van der Waals surface area contributed by atoms with Crippen molar-refractivity contribution in [3.8, 4) is 22.3 Å². The van der Waals surface area contributed by atoms with Crippen LogP contribution < -0.4 is 0 Å². The zero-order chi connectivity index (χ0) is 27.7. The number of carbonyl (C=O) groups excluding carboxylic acids is 1. The molecule has 0 aliphatic carbocycles. The number of ether oxygens (including phenoxy) is 1. The van der Waals surface area contributed by atoms with Gasteiger partial charge in [0.15, 0.2) is 0 Å². The van der Waals surface area contributed by atoms with Crippen LogP contribution >= 0.6 is 0 Å². The van der Waals surface area contributed by atoms with Crippen LogP contribution in [0.15, 0.2) is 79.5 Å². The third-order valence-electron chi connectivity index (χ3n) is 7.39. The van der Waals surface area contributed by atoms with E-state index in [-0.39, 0.29) is 6.09 Å². The zero-order valence-corrected chi connectivity index (χ0v) is 23.2. The summed E-state index contributed by atoms with van der Waals surface area (Å²) in [5.74, 6) is 0.437. The number of nitrogens with one attached hydrogen (secondary N) is 1. The summed E-state index contributed by atoms with van der Waals surface area (Å²) in [5.41, 5.74) is 6.97. The second kappa shape index (κ2) is 10.6. The number of rotatable bonds is 5. The highest BCUT2D eigenvalue weighted by Gasteiger charge is 2.27. The fourth-order valence-electron chi connectivity index (χ4n) is 5.32. The Bertz CT molecular complexity index is 1610. The molecule has 0 radical (unpaired) electrons. The molecule has 8 nitrogen and oxygen atoms in total. The molecule has 0 spiro atoms. The molecule has 4 aromatic heterocycles. The van der Waals surface area contributed by atoms with Crippen LogP contribution in [0.1, 0.15) is 50.8 Å². The van der Waals surface area contributed by atoms with Crippen LogP contribution in [0.3, 0.4) is 0 Å². The topological polar surface area (TPSA) is 88.9 Å². The fraction of sp³-hybridized carbons (Fsp3) is 0.312. The van der Waals surface area contributed by atoms with Gasteiger partial charge < -0.3 is 14.6 Å². The third-order valence-corrected chi connectivity index (χ3v) is 7.39. The average molecular weight is 535 g/mol. The number of benzene rings is 1. The van der Waals surface area contributed by atoms with Crippen molar-refractivity contribution in [2.24, 2.45) is 0 Å². The maximum Gasteiger partial charge on any atom is 0.410 e. The number of amides is 1. The van der Waals surface area contributed by atoms with Gasteiger partial charge in [-0.25, -0.2) is 9.78 Å². The van der Waals surface area contributed by atoms with E-state index < -0.39 is 5.60 Å². The second-order valence-electron chi connectivity index (χ2n) is 11.4. The molecule has 6 rings (SSSR count). The van der Waals surface area contributed by atoms with E-state index in [9.17, 15) is 4.79 Å². The van der Waals surface area contributed by atoms with Crippen molar-refractivity contribution >= 4 is 17.1 Å². The molecule has 0 bridgehead atoms. The number of pyridine rings is 2. The fourth-order valence-corrected chi connectivity index (χ4v) is 5.32. The summed E-state index contributed by atoms with van der Waals surface area (Å²) >= 11 is 0. The normalized spacial score (nSPS) is 14.5. The highest BCUT2D eigenvalue weighted by atomic mass is 16.6. The summed E-state index contributed by atoms with van der Waals surface area (Å²) in [5, 5.41) is 5.62. The summed E-state index contributed by atoms with van der Waals surface area (Å²) in [7, 11) is 0. The molecule has 0 unspecified atom stereocenters. The first-order chi connectivity index (χ1) is 19.3. The van der Waals surface area contributed by atoms with Crippen LogP contribution in [0.2, 0.25) is 0 Å². The van der Waals surface area contributed by atoms with Crippen molar-refractivity contribution in [2.45, 2.75) is 51.7 Å². The Balaban J connectivity index is 1.15. The number of piperidine rings is 1. The monoisotopic (exact) mass is 534 g/mol. The van der Waals surface area contributed by atoms with Gasteiger partial charge in [0.25, 0.3) is 0 Å². The number of fused-ring (bicyclic) bond motifs is 1. The smallest absolute Gasteiger partial charge is 0.410 e. The minimum Gasteiger partial charge on any atom is -0.444 e. The second-order valence-corrected chi connectivity index (χ2v) is 11.4. The molecular formula is C32H34N6O2. The Hall–Kier alpha value is -4.46. The lowest BCUT2D eigenvalue weighted by Gasteiger charge is -2.33. The van der Waals surface area contributed by atoms with Crippen LogP contribution in [0.4, 0.5) is 4.79 Å². The molecule has 1 amide bonds. The Kier molecular flexibility index (Phi) is 6.84. The van der Waals surface area contributed by atoms with E-state index in [1.54, 1.807) is 6.20 Å². The molecule has 1 aliphatic rings. The first-order valence-electron chi connectivity index (χ1n) is 13.8. The van der Waals surface area contributed by atoms with Crippen molar-refractivity contribution in [3.05, 3.63) is 90.8 Å². The quantitative estimate of drug-likeness (QED) is 0.273. The molecule has 204 valence electrons. The van der Waals surface area contributed by atoms with Gasteiger partial charge in [-0.1, -0.05) is 30.3 Å². The van der Waals surface area contributed by atoms with Crippen molar-refractivity contribution in [1.29, 1.82) is 0 Å². The molecule has 1 saturated heterocycles. The van der Waals surface area contributed by atoms with Gasteiger partial charge in [0.1, 0.15) is 11.2 Å². The predicted octanol–water partition coefficient (Wildman–Crippen LogP) is 6.65. The van der Waals surface area contributed by atoms with Gasteiger partial charge in [-0.2, -0.15) is 5.10 Å². The molecule has 1 aromatic carbocycles. The first-order valence-corrected chi connectivity index (χ1v) is 13.8. The number of hydrogen-bond acceptors (Lipinski definition) is 5. The molecular weight excluding hydrogens is 500 g/mol. The Morgan fingerprint density at radius 1 is 1.00 bits per heavy atom. The summed E-state index contributed by atoms with van der Waals surface area (Å²) in [6, 6.07) is 16.9. The zero-order valence-electron chi connectivity index (χ0n) is 23.2. The molecule has 8 heteroatoms. The number of carbonyl (C=O) groups is 1. The summed E-state index contributed by atoms with van der Waals surface area (Å²) < 4.78 is 7.45. The summed E-state index contributed by atoms with van der Waals surface area (Å²) in [4.78, 5) is 26.6. The third kappa shape index (κ3) is 5.61. The van der Waals surface area contributed by atoms with E-state index in [2.05, 4.69) is 45.4 Å². The van der Waals surface area contributed by atoms with Crippen LogP contribution in [-0.4, -0.2) is 54.4 Å². The molecule has 1 fully saturated rings. The largest absolute Gasteiger partial charge is 0.444 e. The first kappa shape index (κ1) is 25.8. The molecule has 40 heavy (non-hydrogen) atoms. The minimum absolute atomic E-state index is 0.214. The van der Waals surface area contributed by atoms with Gasteiger partial charge in [0, 0.05) is 60.0 Å². The Morgan fingerprint density at radius 3 is 2.52 bits per heavy atom. The van der Waals surface area contributed by atoms with Gasteiger partial charge in [-0.3, -0.25) is 9.67 Å². The Morgan fingerprint density at radius 2 is 1.80 bits per heavy atom. The molecule has 0 saturated carbocycles. The lowest BCUT2D eigenvalue weighted by molar-refractivity contribution is 0.0205. The number of likely N-dealkylation sites (tertiary alicyclic amines) is 1. The van der Waals surface area contributed by atoms with E-state index in [0.717, 1.165) is 64.9 Å². The van der Waals surface area contributed by atoms with E-state index in [4.69, 9.17) is 9.72 Å². The lowest BCUT2D eigenvalue weighted by atomic mass is 9.88. The van der Waals surface area contributed by atoms with E-state index >= 15 is 0 Å². The van der Waals surface area contributed by atoms with Crippen molar-refractivity contribution in [1.82, 2.24) is 29.6 Å². The van der Waals surface area contributed by atoms with Gasteiger partial charge in [-0.05, 0) is 68.9 Å². The molecule has 5 heterocycles. The van der Waals surface area contributed by atoms with Crippen molar-refractivity contribution in [2.75, 3.05) is 13.1 Å². The number of aromatic nitrogens is 5. The maximum atomic E-state index is 12.4. The van der Waals surface area contributed by atoms with E-state index in [1.807, 2.05) is 73.3 Å². The number of hydrogen-bond donors (Lipinski definition) is 1. The average Bonchev–Trinajstić information content (AvgIpc) is 3.59. The number of aromatic amines is 1. The highest BCUT2D eigenvalue weighted by molar-refractivity contribution is 5.95. The van der Waals surface area contributed by atoms with Gasteiger partial charge in [0.05, 0.1) is 18.4 Å². The van der Waals surface area contributed by atoms with Crippen LogP contribution in [0, 0.1) is 0 Å². The summed E-state index contributed by atoms with van der Waals surface area (Å²) in [6.45, 7) is 7.78. The SMILES string of the molecule is CC(C)(C)OC(=O)N1CCC(c2ccc(-c3cnc4[nH]cc(-c5cnn(Cc6ccccn6)c5)c4c3)cc2)CC1. The molecule has 1 N–H and O–H groups in total. The highest BCUT2D eigenvalue weighted by Crippen LogP contribution is 2.33. The molecule has 0 atom stereocenters. The lowest BCUT2D eigenvalue weighted by Crippen LogP contribution is -2.41. The standard InChI is InChI=1S/C32H34N6O2/c1-32(2,3)40-31(39)37-14-11-24(12-15-37)22-7-9-23(10-8-22)25-16-28-29(19-35-30(28)34-17-25)26-18-36-38(20-26)21-27-6-4-5-13-33-27/h4-10,13,16-20,24H,11-12,14-15,21H2,1-3H3,(H,34,35). The molecule has 5 aromatic rings. The maximum absolute atomic E-state index is 12.4. The van der Waals surface area contributed by atoms with Crippen LogP contribution in [0.5, 0.6) is 0 Å². The minimum atomic E-state index is -0.467. The van der Waals surface area contributed by atoms with Gasteiger partial charge in [-0.15, -0.1) is 0 Å². The Labute approximate surface area is 234 Å².